The molecule has 0 aliphatic carbocycles. The number of rotatable bonds is 4. The molecule has 0 spiro atoms. The van der Waals surface area contributed by atoms with E-state index in [1.807, 2.05) is 4.90 Å². The van der Waals surface area contributed by atoms with Gasteiger partial charge in [-0.25, -0.2) is 19.6 Å². The van der Waals surface area contributed by atoms with Crippen LogP contribution in [0.1, 0.15) is 4.88 Å². The summed E-state index contributed by atoms with van der Waals surface area (Å²) in [6.07, 6.45) is 1.04. The Hall–Kier alpha value is -3.02. The maximum Gasteiger partial charge on any atom is 0.427 e. The van der Waals surface area contributed by atoms with E-state index in [4.69, 9.17) is 0 Å². The van der Waals surface area contributed by atoms with Crippen molar-refractivity contribution >= 4 is 28.2 Å². The Morgan fingerprint density at radius 3 is 2.67 bits per heavy atom. The van der Waals surface area contributed by atoms with E-state index in [-0.39, 0.29) is 17.0 Å². The Bertz CT molecular complexity index is 950. The van der Waals surface area contributed by atoms with E-state index in [0.717, 1.165) is 0 Å². The standard InChI is InChI=1S/C15H12F3N7OS/c16-15(17,18)10-5-19-14(27-10)23-13(26)9-6-24(7-9)11-4-12(21-8-20-11)25-3-1-2-22-25/h1-5,8-9H,6-7H2,(H,19,23,26). The number of halogens is 3. The summed E-state index contributed by atoms with van der Waals surface area (Å²) < 4.78 is 39.3. The molecule has 0 radical (unpaired) electrons. The summed E-state index contributed by atoms with van der Waals surface area (Å²) in [5.74, 6) is 0.524. The Morgan fingerprint density at radius 2 is 2.00 bits per heavy atom. The number of nitrogens with one attached hydrogen (secondary N) is 1. The van der Waals surface area contributed by atoms with Crippen LogP contribution < -0.4 is 10.2 Å². The summed E-state index contributed by atoms with van der Waals surface area (Å²) in [4.78, 5) is 25.1. The minimum Gasteiger partial charge on any atom is -0.355 e. The van der Waals surface area contributed by atoms with E-state index in [9.17, 15) is 18.0 Å². The SMILES string of the molecule is O=C(Nc1ncc(C(F)(F)F)s1)C1CN(c2cc(-n3cccn3)ncn2)C1. The maximum atomic E-state index is 12.6. The molecule has 1 fully saturated rings. The molecule has 4 heterocycles. The third-order valence-corrected chi connectivity index (χ3v) is 4.93. The Balaban J connectivity index is 1.36. The third-order valence-electron chi connectivity index (χ3n) is 3.97. The average molecular weight is 395 g/mol. The van der Waals surface area contributed by atoms with E-state index in [2.05, 4.69) is 25.4 Å². The van der Waals surface area contributed by atoms with Crippen molar-refractivity contribution in [3.8, 4) is 5.82 Å². The van der Waals surface area contributed by atoms with E-state index >= 15 is 0 Å². The van der Waals surface area contributed by atoms with E-state index in [0.29, 0.717) is 42.3 Å². The highest BCUT2D eigenvalue weighted by atomic mass is 32.1. The lowest BCUT2D eigenvalue weighted by Crippen LogP contribution is -2.52. The topological polar surface area (TPSA) is 88.8 Å². The number of nitrogens with zero attached hydrogens (tertiary/aromatic N) is 6. The third kappa shape index (κ3) is 3.60. The zero-order valence-corrected chi connectivity index (χ0v) is 14.4. The van der Waals surface area contributed by atoms with Crippen LogP contribution in [0.15, 0.2) is 37.1 Å². The van der Waals surface area contributed by atoms with Crippen LogP contribution in [-0.4, -0.2) is 43.7 Å². The number of aromatic nitrogens is 5. The van der Waals surface area contributed by atoms with Gasteiger partial charge in [0.25, 0.3) is 0 Å². The van der Waals surface area contributed by atoms with E-state index in [1.165, 1.54) is 6.33 Å². The van der Waals surface area contributed by atoms with Gasteiger partial charge in [-0.2, -0.15) is 18.3 Å². The Labute approximate surface area is 154 Å². The first-order valence-corrected chi connectivity index (χ1v) is 8.63. The zero-order chi connectivity index (χ0) is 19.0. The quantitative estimate of drug-likeness (QED) is 0.729. The molecular formula is C15H12F3N7OS. The van der Waals surface area contributed by atoms with Gasteiger partial charge in [-0.05, 0) is 6.07 Å². The van der Waals surface area contributed by atoms with Crippen LogP contribution in [0.25, 0.3) is 5.82 Å². The van der Waals surface area contributed by atoms with Crippen LogP contribution in [0.4, 0.5) is 24.1 Å². The van der Waals surface area contributed by atoms with Crippen LogP contribution in [0.3, 0.4) is 0 Å². The number of carbonyl (C=O) groups excluding carboxylic acids is 1. The molecule has 1 aliphatic rings. The number of thiazole rings is 1. The number of amides is 1. The van der Waals surface area contributed by atoms with E-state index < -0.39 is 11.1 Å². The minimum atomic E-state index is -4.47. The van der Waals surface area contributed by atoms with Crippen LogP contribution in [0.2, 0.25) is 0 Å². The van der Waals surface area contributed by atoms with Crippen LogP contribution in [0, 0.1) is 5.92 Å². The first-order chi connectivity index (χ1) is 12.9. The molecule has 1 N–H and O–H groups in total. The molecule has 3 aromatic heterocycles. The first kappa shape index (κ1) is 17.4. The molecule has 1 saturated heterocycles. The maximum absolute atomic E-state index is 12.6. The van der Waals surface area contributed by atoms with Crippen LogP contribution >= 0.6 is 11.3 Å². The van der Waals surface area contributed by atoms with Crippen molar-refractivity contribution in [3.05, 3.63) is 41.9 Å². The predicted octanol–water partition coefficient (Wildman–Crippen LogP) is 2.21. The molecule has 3 aromatic rings. The van der Waals surface area contributed by atoms with Crippen LogP contribution in [-0.2, 0) is 11.0 Å². The number of carbonyl (C=O) groups is 1. The van der Waals surface area contributed by atoms with Gasteiger partial charge >= 0.3 is 6.18 Å². The summed E-state index contributed by atoms with van der Waals surface area (Å²) in [7, 11) is 0. The van der Waals surface area contributed by atoms with Crippen molar-refractivity contribution in [1.82, 2.24) is 24.7 Å². The molecule has 27 heavy (non-hydrogen) atoms. The van der Waals surface area contributed by atoms with Gasteiger partial charge in [0.05, 0.1) is 12.1 Å². The molecule has 0 aromatic carbocycles. The molecule has 0 atom stereocenters. The average Bonchev–Trinajstić information content (AvgIpc) is 3.25. The smallest absolute Gasteiger partial charge is 0.355 e. The second-order valence-electron chi connectivity index (χ2n) is 5.80. The lowest BCUT2D eigenvalue weighted by molar-refractivity contribution is -0.134. The number of anilines is 2. The molecule has 140 valence electrons. The highest BCUT2D eigenvalue weighted by Crippen LogP contribution is 2.35. The fourth-order valence-electron chi connectivity index (χ4n) is 2.54. The van der Waals surface area contributed by atoms with Crippen LogP contribution in [0.5, 0.6) is 0 Å². The summed E-state index contributed by atoms with van der Waals surface area (Å²) in [5, 5.41) is 6.47. The van der Waals surface area contributed by atoms with Crippen molar-refractivity contribution in [1.29, 1.82) is 0 Å². The van der Waals surface area contributed by atoms with Crippen molar-refractivity contribution in [3.63, 3.8) is 0 Å². The second-order valence-corrected chi connectivity index (χ2v) is 6.83. The molecule has 4 rings (SSSR count). The summed E-state index contributed by atoms with van der Waals surface area (Å²) in [6, 6.07) is 3.52. The van der Waals surface area contributed by atoms with Crippen molar-refractivity contribution in [2.45, 2.75) is 6.18 Å². The monoisotopic (exact) mass is 395 g/mol. The molecular weight excluding hydrogens is 383 g/mol. The van der Waals surface area contributed by atoms with Gasteiger partial charge in [0.2, 0.25) is 5.91 Å². The van der Waals surface area contributed by atoms with Gasteiger partial charge in [-0.15, -0.1) is 0 Å². The fraction of sp³-hybridized carbons (Fsp3) is 0.267. The number of hydrogen-bond acceptors (Lipinski definition) is 7. The molecule has 12 heteroatoms. The fourth-order valence-corrected chi connectivity index (χ4v) is 3.23. The highest BCUT2D eigenvalue weighted by molar-refractivity contribution is 7.15. The van der Waals surface area contributed by atoms with Crippen molar-refractivity contribution < 1.29 is 18.0 Å². The first-order valence-electron chi connectivity index (χ1n) is 7.81. The number of alkyl halides is 3. The van der Waals surface area contributed by atoms with Gasteiger partial charge < -0.3 is 10.2 Å². The largest absolute Gasteiger partial charge is 0.427 e. The molecule has 0 unspecified atom stereocenters. The van der Waals surface area contributed by atoms with E-state index in [1.54, 1.807) is 29.2 Å². The molecule has 1 amide bonds. The normalized spacial score (nSPS) is 14.9. The van der Waals surface area contributed by atoms with Gasteiger partial charge in [0.15, 0.2) is 10.9 Å². The lowest BCUT2D eigenvalue weighted by Gasteiger charge is -2.38. The molecule has 8 nitrogen and oxygen atoms in total. The molecule has 1 aliphatic heterocycles. The summed E-state index contributed by atoms with van der Waals surface area (Å²) in [5.41, 5.74) is 0. The molecule has 0 bridgehead atoms. The van der Waals surface area contributed by atoms with Gasteiger partial charge in [-0.3, -0.25) is 4.79 Å². The summed E-state index contributed by atoms with van der Waals surface area (Å²) >= 11 is 0.406. The number of hydrogen-bond donors (Lipinski definition) is 1. The van der Waals surface area contributed by atoms with Gasteiger partial charge in [0.1, 0.15) is 17.0 Å². The highest BCUT2D eigenvalue weighted by Gasteiger charge is 2.36. The lowest BCUT2D eigenvalue weighted by atomic mass is 9.99. The minimum absolute atomic E-state index is 0.0613. The molecule has 0 saturated carbocycles. The van der Waals surface area contributed by atoms with Crippen molar-refractivity contribution in [2.75, 3.05) is 23.3 Å². The zero-order valence-electron chi connectivity index (χ0n) is 13.6. The van der Waals surface area contributed by atoms with Gasteiger partial charge in [0, 0.05) is 31.5 Å². The van der Waals surface area contributed by atoms with Crippen molar-refractivity contribution in [2.24, 2.45) is 5.92 Å². The Kier molecular flexibility index (Phi) is 4.26. The van der Waals surface area contributed by atoms with Gasteiger partial charge in [-0.1, -0.05) is 11.3 Å². The Morgan fingerprint density at radius 1 is 1.22 bits per heavy atom. The predicted molar refractivity (Wildman–Crippen MR) is 90.6 cm³/mol. The second kappa shape index (κ2) is 6.61. The summed E-state index contributed by atoms with van der Waals surface area (Å²) in [6.45, 7) is 0.803.